The van der Waals surface area contributed by atoms with Crippen LogP contribution in [-0.2, 0) is 0 Å². The molecule has 0 unspecified atom stereocenters. The van der Waals surface area contributed by atoms with E-state index in [-0.39, 0.29) is 0 Å². The lowest BCUT2D eigenvalue weighted by Gasteiger charge is -2.06. The third kappa shape index (κ3) is 1.96. The summed E-state index contributed by atoms with van der Waals surface area (Å²) in [6.07, 6.45) is 0. The lowest BCUT2D eigenvalue weighted by atomic mass is 10.2. The summed E-state index contributed by atoms with van der Waals surface area (Å²) in [5.41, 5.74) is 2.11. The van der Waals surface area contributed by atoms with Crippen LogP contribution in [0, 0.1) is 21.9 Å². The van der Waals surface area contributed by atoms with Crippen LogP contribution in [0.3, 0.4) is 0 Å². The molecule has 0 aliphatic carbocycles. The van der Waals surface area contributed by atoms with E-state index in [2.05, 4.69) is 27.0 Å². The Morgan fingerprint density at radius 1 is 1.30 bits per heavy atom. The molecule has 6 heteroatoms. The molecule has 0 radical (unpaired) electrons. The van der Waals surface area contributed by atoms with Crippen LogP contribution in [0.25, 0.3) is 16.7 Å². The SMILES string of the molecule is N#Cc1cccc2c1[nH]c(=S)n2-c1ccc(Br)cc1F. The molecule has 0 bridgehead atoms. The van der Waals surface area contributed by atoms with E-state index in [1.165, 1.54) is 6.07 Å². The minimum atomic E-state index is -0.390. The van der Waals surface area contributed by atoms with Crippen molar-refractivity contribution in [2.45, 2.75) is 0 Å². The number of rotatable bonds is 1. The van der Waals surface area contributed by atoms with E-state index >= 15 is 0 Å². The monoisotopic (exact) mass is 347 g/mol. The quantitative estimate of drug-likeness (QED) is 0.660. The molecule has 20 heavy (non-hydrogen) atoms. The van der Waals surface area contributed by atoms with Crippen LogP contribution in [0.2, 0.25) is 0 Å². The third-order valence-electron chi connectivity index (χ3n) is 2.99. The maximum atomic E-state index is 14.1. The summed E-state index contributed by atoms with van der Waals surface area (Å²) < 4.78 is 16.7. The van der Waals surface area contributed by atoms with Crippen molar-refractivity contribution in [3.63, 3.8) is 0 Å². The smallest absolute Gasteiger partial charge is 0.182 e. The number of aromatic amines is 1. The molecule has 0 atom stereocenters. The Balaban J connectivity index is 2.41. The zero-order valence-electron chi connectivity index (χ0n) is 10.0. The number of benzene rings is 2. The second kappa shape index (κ2) is 4.85. The highest BCUT2D eigenvalue weighted by atomic mass is 79.9. The van der Waals surface area contributed by atoms with Gasteiger partial charge in [-0.25, -0.2) is 4.39 Å². The average Bonchev–Trinajstić information content (AvgIpc) is 2.75. The summed E-state index contributed by atoms with van der Waals surface area (Å²) in [4.78, 5) is 2.96. The van der Waals surface area contributed by atoms with Gasteiger partial charge in [0.05, 0.1) is 22.3 Å². The number of nitriles is 1. The minimum absolute atomic E-state index is 0.347. The maximum absolute atomic E-state index is 14.1. The molecule has 0 aliphatic rings. The molecule has 1 heterocycles. The Morgan fingerprint density at radius 3 is 2.80 bits per heavy atom. The highest BCUT2D eigenvalue weighted by Gasteiger charge is 2.12. The first-order chi connectivity index (χ1) is 9.61. The average molecular weight is 348 g/mol. The van der Waals surface area contributed by atoms with Gasteiger partial charge in [0.25, 0.3) is 0 Å². The number of H-pyrrole nitrogens is 1. The zero-order valence-corrected chi connectivity index (χ0v) is 12.4. The van der Waals surface area contributed by atoms with E-state index in [4.69, 9.17) is 17.5 Å². The molecule has 3 rings (SSSR count). The van der Waals surface area contributed by atoms with Crippen LogP contribution < -0.4 is 0 Å². The number of fused-ring (bicyclic) bond motifs is 1. The van der Waals surface area contributed by atoms with Gasteiger partial charge in [0.2, 0.25) is 0 Å². The molecule has 0 spiro atoms. The van der Waals surface area contributed by atoms with Crippen LogP contribution in [0.15, 0.2) is 40.9 Å². The lowest BCUT2D eigenvalue weighted by Crippen LogP contribution is -1.97. The van der Waals surface area contributed by atoms with Gasteiger partial charge < -0.3 is 4.98 Å². The number of imidazole rings is 1. The second-order valence-corrected chi connectivity index (χ2v) is 5.48. The number of nitrogens with one attached hydrogen (secondary N) is 1. The molecule has 1 N–H and O–H groups in total. The second-order valence-electron chi connectivity index (χ2n) is 4.17. The van der Waals surface area contributed by atoms with Gasteiger partial charge in [0.15, 0.2) is 4.77 Å². The Bertz CT molecular complexity index is 920. The molecule has 0 fully saturated rings. The fourth-order valence-electron chi connectivity index (χ4n) is 2.13. The van der Waals surface area contributed by atoms with Crippen LogP contribution in [0.5, 0.6) is 0 Å². The van der Waals surface area contributed by atoms with E-state index in [9.17, 15) is 4.39 Å². The summed E-state index contributed by atoms with van der Waals surface area (Å²) in [6, 6.07) is 12.1. The summed E-state index contributed by atoms with van der Waals surface area (Å²) in [6.45, 7) is 0. The van der Waals surface area contributed by atoms with E-state index in [0.29, 0.717) is 31.5 Å². The largest absolute Gasteiger partial charge is 0.329 e. The Hall–Kier alpha value is -1.97. The Kier molecular flexibility index (Phi) is 3.16. The first-order valence-electron chi connectivity index (χ1n) is 5.71. The van der Waals surface area contributed by atoms with E-state index < -0.39 is 5.82 Å². The lowest BCUT2D eigenvalue weighted by molar-refractivity contribution is 0.618. The van der Waals surface area contributed by atoms with Gasteiger partial charge in [-0.1, -0.05) is 22.0 Å². The highest BCUT2D eigenvalue weighted by molar-refractivity contribution is 9.10. The first kappa shape index (κ1) is 13.0. The molecule has 3 nitrogen and oxygen atoms in total. The molecule has 3 aromatic rings. The van der Waals surface area contributed by atoms with Crippen LogP contribution in [0.4, 0.5) is 4.39 Å². The van der Waals surface area contributed by atoms with E-state index in [0.717, 1.165) is 0 Å². The van der Waals surface area contributed by atoms with Crippen molar-refractivity contribution in [3.05, 3.63) is 57.0 Å². The predicted octanol–water partition coefficient (Wildman–Crippen LogP) is 4.46. The number of aromatic nitrogens is 2. The summed E-state index contributed by atoms with van der Waals surface area (Å²) in [5.74, 6) is -0.390. The number of para-hydroxylation sites is 1. The summed E-state index contributed by atoms with van der Waals surface area (Å²) in [7, 11) is 0. The van der Waals surface area contributed by atoms with Crippen LogP contribution in [-0.4, -0.2) is 9.55 Å². The van der Waals surface area contributed by atoms with Gasteiger partial charge in [-0.15, -0.1) is 0 Å². The number of hydrogen-bond donors (Lipinski definition) is 1. The van der Waals surface area contributed by atoms with E-state index in [1.54, 1.807) is 34.9 Å². The molecule has 0 saturated heterocycles. The zero-order chi connectivity index (χ0) is 14.3. The van der Waals surface area contributed by atoms with Crippen LogP contribution >= 0.6 is 28.1 Å². The fourth-order valence-corrected chi connectivity index (χ4v) is 2.76. The van der Waals surface area contributed by atoms with Gasteiger partial charge in [0, 0.05) is 4.47 Å². The number of nitrogens with zero attached hydrogens (tertiary/aromatic N) is 2. The van der Waals surface area contributed by atoms with Gasteiger partial charge >= 0.3 is 0 Å². The van der Waals surface area contributed by atoms with Crippen molar-refractivity contribution in [3.8, 4) is 11.8 Å². The molecule has 0 aliphatic heterocycles. The normalized spacial score (nSPS) is 10.7. The molecular formula is C14H7BrFN3S. The Morgan fingerprint density at radius 2 is 2.10 bits per heavy atom. The predicted molar refractivity (Wildman–Crippen MR) is 80.8 cm³/mol. The highest BCUT2D eigenvalue weighted by Crippen LogP contribution is 2.25. The van der Waals surface area contributed by atoms with Crippen LogP contribution in [0.1, 0.15) is 5.56 Å². The van der Waals surface area contributed by atoms with Crippen molar-refractivity contribution >= 4 is 39.2 Å². The van der Waals surface area contributed by atoms with Crippen molar-refractivity contribution in [1.82, 2.24) is 9.55 Å². The van der Waals surface area contributed by atoms with Crippen molar-refractivity contribution in [2.75, 3.05) is 0 Å². The van der Waals surface area contributed by atoms with Gasteiger partial charge in [-0.2, -0.15) is 5.26 Å². The molecule has 0 saturated carbocycles. The minimum Gasteiger partial charge on any atom is -0.329 e. The fraction of sp³-hybridized carbons (Fsp3) is 0. The van der Waals surface area contributed by atoms with Gasteiger partial charge in [-0.3, -0.25) is 4.57 Å². The van der Waals surface area contributed by atoms with Crippen molar-refractivity contribution < 1.29 is 4.39 Å². The number of hydrogen-bond acceptors (Lipinski definition) is 2. The third-order valence-corrected chi connectivity index (χ3v) is 3.77. The summed E-state index contributed by atoms with van der Waals surface area (Å²) >= 11 is 8.48. The van der Waals surface area contributed by atoms with Gasteiger partial charge in [0.1, 0.15) is 11.9 Å². The molecule has 98 valence electrons. The van der Waals surface area contributed by atoms with Crippen molar-refractivity contribution in [1.29, 1.82) is 5.26 Å². The molecular weight excluding hydrogens is 341 g/mol. The maximum Gasteiger partial charge on any atom is 0.182 e. The molecule has 0 amide bonds. The van der Waals surface area contributed by atoms with Crippen molar-refractivity contribution in [2.24, 2.45) is 0 Å². The van der Waals surface area contributed by atoms with E-state index in [1.807, 2.05) is 0 Å². The Labute approximate surface area is 127 Å². The van der Waals surface area contributed by atoms with Gasteiger partial charge in [-0.05, 0) is 42.5 Å². The number of halogens is 2. The summed E-state index contributed by atoms with van der Waals surface area (Å²) in [5, 5.41) is 9.10. The molecule has 1 aromatic heterocycles. The standard InChI is InChI=1S/C14H7BrFN3S/c15-9-4-5-11(10(16)6-9)19-12-3-1-2-8(7-17)13(12)18-14(19)20/h1-6H,(H,18,20). The topological polar surface area (TPSA) is 44.5 Å². The molecule has 2 aromatic carbocycles. The first-order valence-corrected chi connectivity index (χ1v) is 6.91.